The molecule has 2 aliphatic heterocycles. The zero-order valence-electron chi connectivity index (χ0n) is 18.8. The van der Waals surface area contributed by atoms with Crippen LogP contribution in [0.3, 0.4) is 0 Å². The summed E-state index contributed by atoms with van der Waals surface area (Å²) >= 11 is 1.63. The van der Waals surface area contributed by atoms with Crippen LogP contribution in [-0.2, 0) is 4.79 Å². The average Bonchev–Trinajstić information content (AvgIpc) is 3.61. The van der Waals surface area contributed by atoms with Crippen LogP contribution < -0.4 is 10.2 Å². The molecule has 8 heteroatoms. The van der Waals surface area contributed by atoms with E-state index in [1.807, 2.05) is 46.7 Å². The third kappa shape index (κ3) is 5.40. The van der Waals surface area contributed by atoms with Gasteiger partial charge in [0.1, 0.15) is 0 Å². The molecule has 2 saturated heterocycles. The van der Waals surface area contributed by atoms with Crippen LogP contribution in [0, 0.1) is 0 Å². The Labute approximate surface area is 199 Å². The van der Waals surface area contributed by atoms with Gasteiger partial charge in [0.05, 0.1) is 12.2 Å². The normalized spacial score (nSPS) is 19.1. The number of carbonyl (C=O) groups excluding carboxylic acids is 1. The number of thiophene rings is 1. The predicted molar refractivity (Wildman–Crippen MR) is 133 cm³/mol. The van der Waals surface area contributed by atoms with Crippen molar-refractivity contribution in [2.75, 3.05) is 42.9 Å². The van der Waals surface area contributed by atoms with Crippen molar-refractivity contribution in [3.63, 3.8) is 0 Å². The molecular weight excluding hydrogens is 432 g/mol. The van der Waals surface area contributed by atoms with E-state index in [-0.39, 0.29) is 5.91 Å². The van der Waals surface area contributed by atoms with E-state index in [1.165, 1.54) is 38.8 Å². The van der Waals surface area contributed by atoms with Crippen LogP contribution >= 0.6 is 11.3 Å². The maximum absolute atomic E-state index is 12.8. The van der Waals surface area contributed by atoms with Gasteiger partial charge < -0.3 is 10.2 Å². The van der Waals surface area contributed by atoms with Gasteiger partial charge in [-0.05, 0) is 87.1 Å². The third-order valence-electron chi connectivity index (χ3n) is 6.44. The maximum atomic E-state index is 12.8. The summed E-state index contributed by atoms with van der Waals surface area (Å²) in [5.74, 6) is 0.669. The summed E-state index contributed by atoms with van der Waals surface area (Å²) in [7, 11) is 0. The summed E-state index contributed by atoms with van der Waals surface area (Å²) in [5.41, 5.74) is 2.77. The average molecular weight is 463 g/mol. The lowest BCUT2D eigenvalue weighted by atomic mass is 10.2. The summed E-state index contributed by atoms with van der Waals surface area (Å²) in [4.78, 5) is 28.5. The van der Waals surface area contributed by atoms with Gasteiger partial charge in [0.15, 0.2) is 0 Å². The zero-order chi connectivity index (χ0) is 22.5. The predicted octanol–water partition coefficient (Wildman–Crippen LogP) is 4.51. The first kappa shape index (κ1) is 22.0. The number of carbonyl (C=O) groups is 1. The minimum Gasteiger partial charge on any atom is -0.325 e. The van der Waals surface area contributed by atoms with E-state index >= 15 is 0 Å². The quantitative estimate of drug-likeness (QED) is 0.532. The number of rotatable bonds is 8. The molecule has 33 heavy (non-hydrogen) atoms. The Balaban J connectivity index is 1.22. The topological polar surface area (TPSA) is 64.6 Å². The van der Waals surface area contributed by atoms with Crippen molar-refractivity contribution >= 4 is 40.3 Å². The van der Waals surface area contributed by atoms with Crippen LogP contribution in [0.4, 0.5) is 23.0 Å². The summed E-state index contributed by atoms with van der Waals surface area (Å²) < 4.78 is 0. The number of anilines is 4. The van der Waals surface area contributed by atoms with E-state index in [2.05, 4.69) is 30.5 Å². The van der Waals surface area contributed by atoms with Crippen molar-refractivity contribution in [3.05, 3.63) is 59.6 Å². The van der Waals surface area contributed by atoms with Gasteiger partial charge in [-0.1, -0.05) is 0 Å². The molecule has 172 valence electrons. The molecule has 4 heterocycles. The second-order valence-corrected chi connectivity index (χ2v) is 9.52. The minimum atomic E-state index is 0.0529. The summed E-state index contributed by atoms with van der Waals surface area (Å²) in [6, 6.07) is 12.2. The number of amides is 1. The summed E-state index contributed by atoms with van der Waals surface area (Å²) in [6.07, 6.45) is 8.48. The molecule has 7 nitrogen and oxygen atoms in total. The van der Waals surface area contributed by atoms with Gasteiger partial charge in [0.2, 0.25) is 11.9 Å². The number of likely N-dealkylation sites (tertiary alicyclic amines) is 2. The van der Waals surface area contributed by atoms with Crippen LogP contribution in [0.5, 0.6) is 0 Å². The summed E-state index contributed by atoms with van der Waals surface area (Å²) in [6.45, 7) is 4.98. The molecule has 1 N–H and O–H groups in total. The van der Waals surface area contributed by atoms with Crippen molar-refractivity contribution in [2.45, 2.75) is 31.7 Å². The fraction of sp³-hybridized carbons (Fsp3) is 0.400. The van der Waals surface area contributed by atoms with Gasteiger partial charge in [-0.25, -0.2) is 9.97 Å². The summed E-state index contributed by atoms with van der Waals surface area (Å²) in [5, 5.41) is 7.19. The number of nitrogens with zero attached hydrogens (tertiary/aromatic N) is 5. The zero-order valence-corrected chi connectivity index (χ0v) is 19.6. The molecule has 1 unspecified atom stereocenters. The first-order valence-electron chi connectivity index (χ1n) is 11.7. The fourth-order valence-electron chi connectivity index (χ4n) is 4.82. The van der Waals surface area contributed by atoms with E-state index in [1.54, 1.807) is 23.7 Å². The first-order valence-corrected chi connectivity index (χ1v) is 12.7. The van der Waals surface area contributed by atoms with Crippen LogP contribution in [0.15, 0.2) is 59.6 Å². The lowest BCUT2D eigenvalue weighted by molar-refractivity contribution is -0.117. The standard InChI is InChI=1S/C25H30N6OS/c32-24(18-30-15-3-5-22(30)17-29-13-1-2-14-29)28-20-6-8-21(9-7-20)31(23-10-16-33-19-23)25-26-11-4-12-27-25/h4,6-12,16,19,22H,1-3,5,13-15,17-18H2,(H,28,32). The second-order valence-electron chi connectivity index (χ2n) is 8.74. The van der Waals surface area contributed by atoms with E-state index in [9.17, 15) is 4.79 Å². The van der Waals surface area contributed by atoms with Crippen molar-refractivity contribution in [1.29, 1.82) is 0 Å². The molecule has 0 bridgehead atoms. The molecule has 1 aromatic carbocycles. The van der Waals surface area contributed by atoms with Crippen LogP contribution in [0.2, 0.25) is 0 Å². The van der Waals surface area contributed by atoms with Gasteiger partial charge in [-0.15, -0.1) is 0 Å². The largest absolute Gasteiger partial charge is 0.325 e. The van der Waals surface area contributed by atoms with Gasteiger partial charge in [-0.3, -0.25) is 14.6 Å². The molecule has 0 radical (unpaired) electrons. The van der Waals surface area contributed by atoms with E-state index in [4.69, 9.17) is 0 Å². The number of aromatic nitrogens is 2. The molecule has 1 atom stereocenters. The van der Waals surface area contributed by atoms with E-state index in [0.717, 1.165) is 30.2 Å². The minimum absolute atomic E-state index is 0.0529. The second kappa shape index (κ2) is 10.4. The Bertz CT molecular complexity index is 1020. The molecule has 2 aromatic heterocycles. The molecule has 2 fully saturated rings. The molecule has 2 aliphatic rings. The molecule has 0 spiro atoms. The maximum Gasteiger partial charge on any atom is 0.238 e. The Hall–Kier alpha value is -2.81. The molecule has 3 aromatic rings. The molecule has 5 rings (SSSR count). The van der Waals surface area contributed by atoms with Gasteiger partial charge in [0, 0.05) is 41.7 Å². The Morgan fingerprint density at radius 3 is 2.55 bits per heavy atom. The lowest BCUT2D eigenvalue weighted by Crippen LogP contribution is -2.42. The Morgan fingerprint density at radius 1 is 1.03 bits per heavy atom. The van der Waals surface area contributed by atoms with E-state index < -0.39 is 0 Å². The smallest absolute Gasteiger partial charge is 0.238 e. The van der Waals surface area contributed by atoms with Crippen molar-refractivity contribution in [2.24, 2.45) is 0 Å². The Morgan fingerprint density at radius 2 is 1.82 bits per heavy atom. The number of benzene rings is 1. The number of hydrogen-bond donors (Lipinski definition) is 1. The highest BCUT2D eigenvalue weighted by Gasteiger charge is 2.28. The monoisotopic (exact) mass is 462 g/mol. The first-order chi connectivity index (χ1) is 16.3. The van der Waals surface area contributed by atoms with Crippen molar-refractivity contribution in [3.8, 4) is 0 Å². The van der Waals surface area contributed by atoms with Gasteiger partial charge in [-0.2, -0.15) is 11.3 Å². The third-order valence-corrected chi connectivity index (χ3v) is 7.11. The van der Waals surface area contributed by atoms with Crippen molar-refractivity contribution in [1.82, 2.24) is 19.8 Å². The fourth-order valence-corrected chi connectivity index (χ4v) is 5.44. The van der Waals surface area contributed by atoms with Crippen molar-refractivity contribution < 1.29 is 4.79 Å². The molecule has 0 saturated carbocycles. The number of nitrogens with one attached hydrogen (secondary N) is 1. The van der Waals surface area contributed by atoms with Crippen LogP contribution in [0.25, 0.3) is 0 Å². The highest BCUT2D eigenvalue weighted by molar-refractivity contribution is 7.08. The number of hydrogen-bond acceptors (Lipinski definition) is 7. The highest BCUT2D eigenvalue weighted by atomic mass is 32.1. The van der Waals surface area contributed by atoms with Crippen LogP contribution in [-0.4, -0.2) is 64.4 Å². The van der Waals surface area contributed by atoms with E-state index in [0.29, 0.717) is 18.5 Å². The molecular formula is C25H30N6OS. The van der Waals surface area contributed by atoms with Gasteiger partial charge in [0.25, 0.3) is 0 Å². The molecule has 1 amide bonds. The SMILES string of the molecule is O=C(CN1CCCC1CN1CCCC1)Nc1ccc(N(c2ccsc2)c2ncccn2)cc1. The highest BCUT2D eigenvalue weighted by Crippen LogP contribution is 2.33. The molecule has 0 aliphatic carbocycles. The van der Waals surface area contributed by atoms with Crippen LogP contribution in [0.1, 0.15) is 25.7 Å². The Kier molecular flexibility index (Phi) is 6.95. The lowest BCUT2D eigenvalue weighted by Gasteiger charge is -2.28. The van der Waals surface area contributed by atoms with Gasteiger partial charge >= 0.3 is 0 Å².